The third kappa shape index (κ3) is 8.01. The molecule has 0 saturated heterocycles. The van der Waals surface area contributed by atoms with Gasteiger partial charge in [0.1, 0.15) is 11.5 Å². The van der Waals surface area contributed by atoms with Crippen LogP contribution in [0.25, 0.3) is 10.8 Å². The van der Waals surface area contributed by atoms with Gasteiger partial charge in [-0.3, -0.25) is 0 Å². The Balaban J connectivity index is 1.85. The van der Waals surface area contributed by atoms with Gasteiger partial charge in [0.25, 0.3) is 0 Å². The number of hydrogen-bond acceptors (Lipinski definition) is 2. The smallest absolute Gasteiger partial charge is 0.119 e. The van der Waals surface area contributed by atoms with Crippen molar-refractivity contribution < 1.29 is 9.47 Å². The van der Waals surface area contributed by atoms with Crippen molar-refractivity contribution in [2.24, 2.45) is 5.92 Å². The first-order chi connectivity index (χ1) is 13.3. The minimum absolute atomic E-state index is 0.654. The van der Waals surface area contributed by atoms with Crippen molar-refractivity contribution in [3.63, 3.8) is 0 Å². The van der Waals surface area contributed by atoms with Gasteiger partial charge in [-0.2, -0.15) is 0 Å². The van der Waals surface area contributed by atoms with Crippen molar-refractivity contribution in [1.29, 1.82) is 0 Å². The third-order valence-corrected chi connectivity index (χ3v) is 5.38. The number of fused-ring (bicyclic) bond motifs is 1. The van der Waals surface area contributed by atoms with E-state index < -0.39 is 0 Å². The molecule has 2 nitrogen and oxygen atoms in total. The Morgan fingerprint density at radius 2 is 1.48 bits per heavy atom. The molecule has 27 heavy (non-hydrogen) atoms. The van der Waals surface area contributed by atoms with E-state index in [1.165, 1.54) is 49.3 Å². The van der Waals surface area contributed by atoms with Crippen LogP contribution in [0, 0.1) is 5.92 Å². The van der Waals surface area contributed by atoms with Crippen LogP contribution in [0.4, 0.5) is 0 Å². The average Bonchev–Trinajstić information content (AvgIpc) is 2.70. The number of unbranched alkanes of at least 4 members (excludes halogenated alkanes) is 4. The van der Waals surface area contributed by atoms with Gasteiger partial charge >= 0.3 is 0 Å². The maximum Gasteiger partial charge on any atom is 0.119 e. The first kappa shape index (κ1) is 21.9. The lowest BCUT2D eigenvalue weighted by Gasteiger charge is -2.16. The van der Waals surface area contributed by atoms with Crippen molar-refractivity contribution in [1.82, 2.24) is 0 Å². The Morgan fingerprint density at radius 3 is 2.11 bits per heavy atom. The van der Waals surface area contributed by atoms with Crippen molar-refractivity contribution >= 4 is 22.4 Å². The SMILES string of the molecule is CCCCC(CC)COc1ccc2cc(OCCCCCCCl)ccc2c1. The predicted octanol–water partition coefficient (Wildman–Crippen LogP) is 7.61. The van der Waals surface area contributed by atoms with Gasteiger partial charge in [0.05, 0.1) is 13.2 Å². The average molecular weight is 391 g/mol. The molecule has 2 aromatic carbocycles. The molecule has 0 heterocycles. The molecule has 0 radical (unpaired) electrons. The van der Waals surface area contributed by atoms with Gasteiger partial charge in [-0.05, 0) is 60.2 Å². The summed E-state index contributed by atoms with van der Waals surface area (Å²) in [6, 6.07) is 12.6. The van der Waals surface area contributed by atoms with Gasteiger partial charge in [0.2, 0.25) is 0 Å². The summed E-state index contributed by atoms with van der Waals surface area (Å²) < 4.78 is 12.0. The number of ether oxygens (including phenoxy) is 2. The Bertz CT molecular complexity index is 656. The van der Waals surface area contributed by atoms with Crippen LogP contribution in [0.3, 0.4) is 0 Å². The number of hydrogen-bond donors (Lipinski definition) is 0. The van der Waals surface area contributed by atoms with E-state index in [0.717, 1.165) is 43.4 Å². The van der Waals surface area contributed by atoms with Crippen LogP contribution in [0.2, 0.25) is 0 Å². The Hall–Kier alpha value is -1.41. The van der Waals surface area contributed by atoms with Crippen LogP contribution in [-0.4, -0.2) is 19.1 Å². The maximum atomic E-state index is 6.07. The summed E-state index contributed by atoms with van der Waals surface area (Å²) >= 11 is 5.70. The van der Waals surface area contributed by atoms with Gasteiger partial charge in [-0.1, -0.05) is 58.1 Å². The normalized spacial score (nSPS) is 12.3. The summed E-state index contributed by atoms with van der Waals surface area (Å²) in [7, 11) is 0. The van der Waals surface area contributed by atoms with Crippen molar-refractivity contribution in [2.45, 2.75) is 65.2 Å². The van der Waals surface area contributed by atoms with Gasteiger partial charge < -0.3 is 9.47 Å². The highest BCUT2D eigenvalue weighted by Crippen LogP contribution is 2.26. The molecule has 1 unspecified atom stereocenters. The second kappa shape index (κ2) is 12.9. The second-order valence-electron chi connectivity index (χ2n) is 7.35. The molecule has 0 bridgehead atoms. The van der Waals surface area contributed by atoms with Crippen molar-refractivity contribution in [3.05, 3.63) is 36.4 Å². The predicted molar refractivity (Wildman–Crippen MR) is 117 cm³/mol. The molecule has 1 atom stereocenters. The molecule has 0 fully saturated rings. The summed E-state index contributed by atoms with van der Waals surface area (Å²) in [4.78, 5) is 0. The minimum atomic E-state index is 0.654. The Morgan fingerprint density at radius 1 is 0.815 bits per heavy atom. The van der Waals surface area contributed by atoms with E-state index in [4.69, 9.17) is 21.1 Å². The maximum absolute atomic E-state index is 6.07. The molecule has 0 aliphatic rings. The molecule has 3 heteroatoms. The highest BCUT2D eigenvalue weighted by molar-refractivity contribution is 6.17. The van der Waals surface area contributed by atoms with Crippen LogP contribution in [0.1, 0.15) is 65.2 Å². The zero-order chi connectivity index (χ0) is 19.3. The van der Waals surface area contributed by atoms with Crippen molar-refractivity contribution in [2.75, 3.05) is 19.1 Å². The lowest BCUT2D eigenvalue weighted by atomic mass is 10.0. The van der Waals surface area contributed by atoms with Gasteiger partial charge in [-0.25, -0.2) is 0 Å². The van der Waals surface area contributed by atoms with Gasteiger partial charge in [0.15, 0.2) is 0 Å². The van der Waals surface area contributed by atoms with Gasteiger partial charge in [0, 0.05) is 5.88 Å². The molecule has 0 N–H and O–H groups in total. The second-order valence-corrected chi connectivity index (χ2v) is 7.73. The van der Waals surface area contributed by atoms with E-state index in [9.17, 15) is 0 Å². The fraction of sp³-hybridized carbons (Fsp3) is 0.583. The highest BCUT2D eigenvalue weighted by Gasteiger charge is 2.07. The first-order valence-electron chi connectivity index (χ1n) is 10.6. The molecule has 0 aromatic heterocycles. The molecule has 0 saturated carbocycles. The number of alkyl halides is 1. The van der Waals surface area contributed by atoms with E-state index in [2.05, 4.69) is 50.2 Å². The minimum Gasteiger partial charge on any atom is -0.494 e. The van der Waals surface area contributed by atoms with E-state index in [1.54, 1.807) is 0 Å². The highest BCUT2D eigenvalue weighted by atomic mass is 35.5. The van der Waals surface area contributed by atoms with Gasteiger partial charge in [-0.15, -0.1) is 11.6 Å². The summed E-state index contributed by atoms with van der Waals surface area (Å²) in [5, 5.41) is 2.39. The van der Waals surface area contributed by atoms with Crippen LogP contribution in [0.5, 0.6) is 11.5 Å². The number of halogens is 1. The molecule has 0 aliphatic heterocycles. The molecule has 2 rings (SSSR count). The molecule has 0 spiro atoms. The summed E-state index contributed by atoms with van der Waals surface area (Å²) in [6.07, 6.45) is 9.52. The fourth-order valence-corrected chi connectivity index (χ4v) is 3.42. The quantitative estimate of drug-likeness (QED) is 0.244. The molecular weight excluding hydrogens is 356 g/mol. The zero-order valence-corrected chi connectivity index (χ0v) is 17.8. The lowest BCUT2D eigenvalue weighted by molar-refractivity contribution is 0.233. The molecule has 0 aliphatic carbocycles. The Kier molecular flexibility index (Phi) is 10.4. The Labute approximate surface area is 170 Å². The van der Waals surface area contributed by atoms with Crippen LogP contribution >= 0.6 is 11.6 Å². The number of benzene rings is 2. The summed E-state index contributed by atoms with van der Waals surface area (Å²) in [5.74, 6) is 3.32. The topological polar surface area (TPSA) is 18.5 Å². The lowest BCUT2D eigenvalue weighted by Crippen LogP contribution is -2.11. The van der Waals surface area contributed by atoms with E-state index in [-0.39, 0.29) is 0 Å². The van der Waals surface area contributed by atoms with E-state index >= 15 is 0 Å². The van der Waals surface area contributed by atoms with E-state index in [0.29, 0.717) is 5.92 Å². The summed E-state index contributed by atoms with van der Waals surface area (Å²) in [5.41, 5.74) is 0. The number of rotatable bonds is 14. The van der Waals surface area contributed by atoms with Crippen LogP contribution < -0.4 is 9.47 Å². The monoisotopic (exact) mass is 390 g/mol. The largest absolute Gasteiger partial charge is 0.494 e. The molecule has 0 amide bonds. The summed E-state index contributed by atoms with van der Waals surface area (Å²) in [6.45, 7) is 6.08. The molecule has 150 valence electrons. The van der Waals surface area contributed by atoms with E-state index in [1.807, 2.05) is 0 Å². The molecule has 2 aromatic rings. The van der Waals surface area contributed by atoms with Crippen LogP contribution in [0.15, 0.2) is 36.4 Å². The first-order valence-corrected chi connectivity index (χ1v) is 11.2. The van der Waals surface area contributed by atoms with Crippen molar-refractivity contribution in [3.8, 4) is 11.5 Å². The third-order valence-electron chi connectivity index (χ3n) is 5.11. The van der Waals surface area contributed by atoms with Crippen LogP contribution in [-0.2, 0) is 0 Å². The fourth-order valence-electron chi connectivity index (χ4n) is 3.23. The standard InChI is InChI=1S/C24H35ClO2/c1-3-5-10-20(4-2)19-27-24-14-12-21-17-23(13-11-22(21)18-24)26-16-9-7-6-8-15-25/h11-14,17-18,20H,3-10,15-16,19H2,1-2H3. The molecular formula is C24H35ClO2. The zero-order valence-electron chi connectivity index (χ0n) is 17.0.